The van der Waals surface area contributed by atoms with E-state index in [1.165, 1.54) is 170 Å². The van der Waals surface area contributed by atoms with Crippen LogP contribution in [-0.2, 0) is 41.3 Å². The monoisotopic (exact) mass is 1650 g/mol. The molecular formula is C123H116N2O2. The number of hydrogen-bond acceptors (Lipinski definition) is 4. The van der Waals surface area contributed by atoms with Gasteiger partial charge in [0, 0.05) is 45.0 Å². The van der Waals surface area contributed by atoms with E-state index in [1.54, 1.807) is 0 Å². The predicted octanol–water partition coefficient (Wildman–Crippen LogP) is 33.1. The third kappa shape index (κ3) is 15.1. The molecule has 4 heteroatoms. The van der Waals surface area contributed by atoms with E-state index in [2.05, 4.69) is 462 Å². The van der Waals surface area contributed by atoms with Crippen molar-refractivity contribution >= 4 is 34.1 Å². The molecule has 4 aliphatic rings. The van der Waals surface area contributed by atoms with E-state index in [9.17, 15) is 0 Å². The number of hydrogen-bond donors (Lipinski definition) is 0. The molecule has 0 saturated heterocycles. The Kier molecular flexibility index (Phi) is 22.9. The highest BCUT2D eigenvalue weighted by molar-refractivity contribution is 5.94. The van der Waals surface area contributed by atoms with Gasteiger partial charge in [0.1, 0.15) is 24.7 Å². The lowest BCUT2D eigenvalue weighted by atomic mass is 9.67. The summed E-state index contributed by atoms with van der Waals surface area (Å²) in [7, 11) is 0. The highest BCUT2D eigenvalue weighted by Gasteiger charge is 2.49. The summed E-state index contributed by atoms with van der Waals surface area (Å²) < 4.78 is 13.0. The van der Waals surface area contributed by atoms with Gasteiger partial charge in [0.2, 0.25) is 0 Å². The van der Waals surface area contributed by atoms with E-state index >= 15 is 0 Å². The first-order chi connectivity index (χ1) is 62.0. The third-order valence-electron chi connectivity index (χ3n) is 28.7. The highest BCUT2D eigenvalue weighted by atomic mass is 16.5. The summed E-state index contributed by atoms with van der Waals surface area (Å²) in [6.07, 6.45) is 8.41. The fourth-order valence-corrected chi connectivity index (χ4v) is 21.2. The largest absolute Gasteiger partial charge is 0.489 e. The topological polar surface area (TPSA) is 24.9 Å². The fourth-order valence-electron chi connectivity index (χ4n) is 21.2. The van der Waals surface area contributed by atoms with Crippen LogP contribution >= 0.6 is 0 Å². The molecule has 16 aromatic carbocycles. The Balaban J connectivity index is 0.000000166. The Morgan fingerprint density at radius 2 is 0.551 bits per heavy atom. The molecule has 0 spiro atoms. The molecule has 0 aromatic heterocycles. The average molecular weight is 1650 g/mol. The van der Waals surface area contributed by atoms with E-state index in [1.807, 2.05) is 0 Å². The maximum absolute atomic E-state index is 6.49. The van der Waals surface area contributed by atoms with Crippen LogP contribution in [0.15, 0.2) is 376 Å². The number of unbranched alkanes of at least 4 members (excludes halogenated alkanes) is 3. The summed E-state index contributed by atoms with van der Waals surface area (Å²) >= 11 is 0. The lowest BCUT2D eigenvalue weighted by molar-refractivity contribution is 0.306. The SMILES string of the molecule is CCC(C)c1ccc(COc2ccc(C3(c4ccc(C(C)C)cc4)c4ccccc4-c4ccc(N(c5ccccc5)c5ccc6c(c5)C(C)(C)c5ccccc5-6)cc43)cc2)cc1.CCCCCCc1ccc(C2(c3ccc(OCc4ccc(C(C)CC)cc4)cc3)c3ccccc3-c3ccc(N(c4ccccc4)c4ccc5c(c4)C(C)(C)c4ccccc4-5)cc32)cc1. The van der Waals surface area contributed by atoms with Crippen LogP contribution in [0.2, 0.25) is 0 Å². The second-order valence-corrected chi connectivity index (χ2v) is 37.2. The summed E-state index contributed by atoms with van der Waals surface area (Å²) in [4.78, 5) is 4.90. The van der Waals surface area contributed by atoms with Gasteiger partial charge in [0.25, 0.3) is 0 Å². The first-order valence-corrected chi connectivity index (χ1v) is 46.5. The molecule has 0 bridgehead atoms. The molecule has 4 atom stereocenters. The van der Waals surface area contributed by atoms with Crippen LogP contribution in [0.4, 0.5) is 34.1 Å². The van der Waals surface area contributed by atoms with Gasteiger partial charge in [0.15, 0.2) is 0 Å². The zero-order chi connectivity index (χ0) is 87.1. The van der Waals surface area contributed by atoms with E-state index in [4.69, 9.17) is 9.47 Å². The van der Waals surface area contributed by atoms with Crippen molar-refractivity contribution in [1.82, 2.24) is 0 Å². The van der Waals surface area contributed by atoms with Crippen LogP contribution in [-0.4, -0.2) is 0 Å². The minimum absolute atomic E-state index is 0.116. The van der Waals surface area contributed by atoms with Crippen molar-refractivity contribution in [1.29, 1.82) is 0 Å². The maximum Gasteiger partial charge on any atom is 0.119 e. The van der Waals surface area contributed by atoms with Crippen molar-refractivity contribution in [3.63, 3.8) is 0 Å². The molecule has 0 radical (unpaired) electrons. The number of para-hydroxylation sites is 2. The minimum Gasteiger partial charge on any atom is -0.489 e. The Morgan fingerprint density at radius 3 is 0.913 bits per heavy atom. The lowest BCUT2D eigenvalue weighted by Crippen LogP contribution is -2.29. The highest BCUT2D eigenvalue weighted by Crippen LogP contribution is 2.61. The van der Waals surface area contributed by atoms with Gasteiger partial charge in [-0.15, -0.1) is 0 Å². The summed E-state index contributed by atoms with van der Waals surface area (Å²) in [5.41, 5.74) is 39.3. The number of benzene rings is 16. The molecule has 630 valence electrons. The second-order valence-electron chi connectivity index (χ2n) is 37.2. The molecule has 4 nitrogen and oxygen atoms in total. The average Bonchev–Trinajstić information content (AvgIpc) is 1.54. The minimum atomic E-state index is -0.578. The van der Waals surface area contributed by atoms with Crippen LogP contribution in [0.1, 0.15) is 233 Å². The van der Waals surface area contributed by atoms with Gasteiger partial charge in [0.05, 0.1) is 10.8 Å². The predicted molar refractivity (Wildman–Crippen MR) is 533 cm³/mol. The molecule has 0 heterocycles. The molecule has 16 aromatic rings. The normalized spacial score (nSPS) is 15.8. The molecular weight excluding hydrogens is 1540 g/mol. The van der Waals surface area contributed by atoms with Crippen molar-refractivity contribution in [2.75, 3.05) is 9.80 Å². The quantitative estimate of drug-likeness (QED) is 0.0505. The first-order valence-electron chi connectivity index (χ1n) is 46.5. The van der Waals surface area contributed by atoms with Crippen molar-refractivity contribution < 1.29 is 9.47 Å². The maximum atomic E-state index is 6.49. The van der Waals surface area contributed by atoms with Gasteiger partial charge in [-0.3, -0.25) is 0 Å². The Morgan fingerprint density at radius 1 is 0.252 bits per heavy atom. The van der Waals surface area contributed by atoms with Crippen LogP contribution in [0.3, 0.4) is 0 Å². The molecule has 0 amide bonds. The van der Waals surface area contributed by atoms with Crippen LogP contribution < -0.4 is 19.3 Å². The van der Waals surface area contributed by atoms with Gasteiger partial charge in [-0.2, -0.15) is 0 Å². The van der Waals surface area contributed by atoms with Crippen molar-refractivity contribution in [2.24, 2.45) is 0 Å². The fraction of sp³-hybridized carbons (Fsp3) is 0.220. The number of aryl methyl sites for hydroxylation is 1. The van der Waals surface area contributed by atoms with Crippen LogP contribution in [0.25, 0.3) is 44.5 Å². The molecule has 127 heavy (non-hydrogen) atoms. The Bertz CT molecular complexity index is 6620. The van der Waals surface area contributed by atoms with E-state index in [0.29, 0.717) is 31.0 Å². The van der Waals surface area contributed by atoms with E-state index in [-0.39, 0.29) is 10.8 Å². The van der Waals surface area contributed by atoms with Gasteiger partial charge in [-0.1, -0.05) is 374 Å². The summed E-state index contributed by atoms with van der Waals surface area (Å²) in [5, 5.41) is 0. The second kappa shape index (κ2) is 34.9. The molecule has 0 fully saturated rings. The standard InChI is InChI=1S/C63H61NO.C60H55NO/c1-6-8-9-11-18-45-27-31-48(32-28-45)63(49-33-37-53(38-34-49)65-43-46-25-29-47(30-26-46)44(3)7-2)59-24-17-15-22-55(59)57-40-36-52(42-61(57)63)64(50-19-12-10-13-20-50)51-35-39-56-54-21-14-16-23-58(54)62(4,5)60(56)41-51;1-7-41(4)44-23-21-42(22-24-44)39-62-50-33-29-46(30-34-50)60(45-27-25-43(26-28-45)40(2)3)56-20-14-12-18-52(56)54-36-32-49(38-58(54)60)61(47-15-9-8-10-16-47)48-31-35-53-51-17-11-13-19-55(51)59(5,6)57(53)37-48/h10,12-17,19-42,44H,6-9,11,18,43H2,1-5H3;8-38,40-41H,7,39H2,1-6H3. The first kappa shape index (κ1) is 83.3. The zero-order valence-corrected chi connectivity index (χ0v) is 75.6. The summed E-state index contributed by atoms with van der Waals surface area (Å²) in [6, 6.07) is 141. The molecule has 0 N–H and O–H groups in total. The van der Waals surface area contributed by atoms with Crippen molar-refractivity contribution in [3.8, 4) is 56.0 Å². The third-order valence-corrected chi connectivity index (χ3v) is 28.7. The van der Waals surface area contributed by atoms with Gasteiger partial charge < -0.3 is 19.3 Å². The van der Waals surface area contributed by atoms with Crippen LogP contribution in [0, 0.1) is 0 Å². The number of nitrogens with zero attached hydrogens (tertiary/aromatic N) is 2. The summed E-state index contributed by atoms with van der Waals surface area (Å²) in [6.45, 7) is 26.4. The van der Waals surface area contributed by atoms with Gasteiger partial charge in [-0.25, -0.2) is 0 Å². The Hall–Kier alpha value is -13.3. The molecule has 4 aliphatic carbocycles. The van der Waals surface area contributed by atoms with E-state index in [0.717, 1.165) is 64.9 Å². The van der Waals surface area contributed by atoms with Crippen LogP contribution in [0.5, 0.6) is 11.5 Å². The van der Waals surface area contributed by atoms with Gasteiger partial charge >= 0.3 is 0 Å². The summed E-state index contributed by atoms with van der Waals surface area (Å²) in [5.74, 6) is 3.28. The van der Waals surface area contributed by atoms with E-state index < -0.39 is 10.8 Å². The van der Waals surface area contributed by atoms with Gasteiger partial charge in [-0.05, 0) is 285 Å². The number of fused-ring (bicyclic) bond motifs is 12. The number of ether oxygens (including phenoxy) is 2. The number of rotatable bonds is 26. The lowest BCUT2D eigenvalue weighted by Gasteiger charge is -2.35. The van der Waals surface area contributed by atoms with Crippen molar-refractivity contribution in [2.45, 2.75) is 174 Å². The zero-order valence-electron chi connectivity index (χ0n) is 75.6. The molecule has 0 aliphatic heterocycles. The van der Waals surface area contributed by atoms with Crippen molar-refractivity contribution in [3.05, 3.63) is 476 Å². The molecule has 20 rings (SSSR count). The number of anilines is 6. The molecule has 4 unspecified atom stereocenters. The Labute approximate surface area is 754 Å². The smallest absolute Gasteiger partial charge is 0.119 e. The molecule has 0 saturated carbocycles.